The lowest BCUT2D eigenvalue weighted by atomic mass is 9.93. The van der Waals surface area contributed by atoms with Crippen molar-refractivity contribution in [3.8, 4) is 0 Å². The lowest BCUT2D eigenvalue weighted by Crippen LogP contribution is -2.50. The van der Waals surface area contributed by atoms with Gasteiger partial charge in [0.25, 0.3) is 0 Å². The van der Waals surface area contributed by atoms with E-state index in [-0.39, 0.29) is 0 Å². The Kier molecular flexibility index (Phi) is 2.98. The first-order valence-corrected chi connectivity index (χ1v) is 5.11. The quantitative estimate of drug-likeness (QED) is 0.622. The van der Waals surface area contributed by atoms with Crippen molar-refractivity contribution in [3.63, 3.8) is 0 Å². The second-order valence-electron chi connectivity index (χ2n) is 3.86. The van der Waals surface area contributed by atoms with Crippen molar-refractivity contribution in [2.75, 3.05) is 32.8 Å². The summed E-state index contributed by atoms with van der Waals surface area (Å²) in [5.74, 6) is 0. The number of nitrogens with one attached hydrogen (secondary N) is 2. The van der Waals surface area contributed by atoms with Crippen LogP contribution in [0.15, 0.2) is 0 Å². The van der Waals surface area contributed by atoms with Crippen LogP contribution in [0.3, 0.4) is 0 Å². The van der Waals surface area contributed by atoms with E-state index in [4.69, 9.17) is 0 Å². The van der Waals surface area contributed by atoms with Crippen molar-refractivity contribution in [1.82, 2.24) is 15.5 Å². The third-order valence-corrected chi connectivity index (χ3v) is 2.92. The molecular weight excluding hydrogens is 150 g/mol. The van der Waals surface area contributed by atoms with Gasteiger partial charge >= 0.3 is 0 Å². The molecule has 70 valence electrons. The number of nitrogens with zero attached hydrogens (tertiary/aromatic N) is 1. The predicted octanol–water partition coefficient (Wildman–Crippen LogP) is -0.00880. The van der Waals surface area contributed by atoms with Crippen LogP contribution in [0.25, 0.3) is 0 Å². The maximum absolute atomic E-state index is 3.59. The molecule has 0 aromatic carbocycles. The maximum Gasteiger partial charge on any atom is 0.0483 e. The first-order chi connectivity index (χ1) is 5.95. The van der Waals surface area contributed by atoms with E-state index >= 15 is 0 Å². The molecule has 0 spiro atoms. The van der Waals surface area contributed by atoms with Gasteiger partial charge in [0.15, 0.2) is 0 Å². The van der Waals surface area contributed by atoms with E-state index < -0.39 is 0 Å². The fourth-order valence-electron chi connectivity index (χ4n) is 1.74. The van der Waals surface area contributed by atoms with Gasteiger partial charge in [-0.05, 0) is 12.8 Å². The Morgan fingerprint density at radius 2 is 2.00 bits per heavy atom. The minimum atomic E-state index is 0.833. The van der Waals surface area contributed by atoms with E-state index in [0.717, 1.165) is 25.8 Å². The Hall–Kier alpha value is -0.120. The van der Waals surface area contributed by atoms with Crippen molar-refractivity contribution < 1.29 is 0 Å². The largest absolute Gasteiger partial charge is 0.314 e. The summed E-state index contributed by atoms with van der Waals surface area (Å²) in [5, 5.41) is 6.95. The van der Waals surface area contributed by atoms with Crippen LogP contribution in [-0.2, 0) is 0 Å². The summed E-state index contributed by atoms with van der Waals surface area (Å²) in [5.41, 5.74) is 0. The third-order valence-electron chi connectivity index (χ3n) is 2.92. The van der Waals surface area contributed by atoms with Crippen LogP contribution in [0.5, 0.6) is 0 Å². The second kappa shape index (κ2) is 4.21. The van der Waals surface area contributed by atoms with Crippen LogP contribution in [0.2, 0.25) is 0 Å². The molecule has 0 unspecified atom stereocenters. The van der Waals surface area contributed by atoms with Crippen LogP contribution in [0, 0.1) is 0 Å². The molecule has 3 nitrogen and oxygen atoms in total. The summed E-state index contributed by atoms with van der Waals surface area (Å²) in [6.45, 7) is 5.84. The molecule has 2 rings (SSSR count). The molecule has 0 aromatic rings. The van der Waals surface area contributed by atoms with Gasteiger partial charge < -0.3 is 10.6 Å². The second-order valence-corrected chi connectivity index (χ2v) is 3.86. The Bertz CT molecular complexity index is 128. The molecule has 3 heteroatoms. The summed E-state index contributed by atoms with van der Waals surface area (Å²) >= 11 is 0. The van der Waals surface area contributed by atoms with Gasteiger partial charge in [0.2, 0.25) is 0 Å². The summed E-state index contributed by atoms with van der Waals surface area (Å²) in [4.78, 5) is 2.49. The molecule has 1 aliphatic carbocycles. The fraction of sp³-hybridized carbons (Fsp3) is 1.00. The van der Waals surface area contributed by atoms with Gasteiger partial charge in [-0.1, -0.05) is 6.42 Å². The molecule has 1 heterocycles. The summed E-state index contributed by atoms with van der Waals surface area (Å²) < 4.78 is 0. The average molecular weight is 169 g/mol. The lowest BCUT2D eigenvalue weighted by Gasteiger charge is -2.32. The van der Waals surface area contributed by atoms with Crippen molar-refractivity contribution in [1.29, 1.82) is 0 Å². The zero-order valence-electron chi connectivity index (χ0n) is 7.68. The zero-order valence-corrected chi connectivity index (χ0v) is 7.68. The molecule has 2 fully saturated rings. The Balaban J connectivity index is 1.58. The van der Waals surface area contributed by atoms with E-state index in [1.54, 1.807) is 0 Å². The van der Waals surface area contributed by atoms with Crippen LogP contribution in [0.1, 0.15) is 19.3 Å². The Morgan fingerprint density at radius 1 is 1.25 bits per heavy atom. The average Bonchev–Trinajstić information content (AvgIpc) is 2.04. The summed E-state index contributed by atoms with van der Waals surface area (Å²) in [7, 11) is 0. The SMILES string of the molecule is C1CC(NCN2CCNCC2)C1. The van der Waals surface area contributed by atoms with Crippen LogP contribution in [0.4, 0.5) is 0 Å². The number of piperazine rings is 1. The molecule has 0 atom stereocenters. The lowest BCUT2D eigenvalue weighted by molar-refractivity contribution is 0.194. The highest BCUT2D eigenvalue weighted by molar-refractivity contribution is 4.77. The van der Waals surface area contributed by atoms with Gasteiger partial charge in [0, 0.05) is 38.9 Å². The molecule has 1 saturated heterocycles. The van der Waals surface area contributed by atoms with Gasteiger partial charge in [-0.3, -0.25) is 4.90 Å². The van der Waals surface area contributed by atoms with Crippen molar-refractivity contribution >= 4 is 0 Å². The van der Waals surface area contributed by atoms with Gasteiger partial charge in [-0.2, -0.15) is 0 Å². The summed E-state index contributed by atoms with van der Waals surface area (Å²) in [6, 6.07) is 0.833. The highest BCUT2D eigenvalue weighted by atomic mass is 15.3. The van der Waals surface area contributed by atoms with Gasteiger partial charge in [0.05, 0.1) is 0 Å². The van der Waals surface area contributed by atoms with Crippen LogP contribution in [-0.4, -0.2) is 43.8 Å². The minimum Gasteiger partial charge on any atom is -0.314 e. The zero-order chi connectivity index (χ0) is 8.23. The molecular formula is C9H19N3. The highest BCUT2D eigenvalue weighted by Crippen LogP contribution is 2.17. The molecule has 2 aliphatic rings. The summed E-state index contributed by atoms with van der Waals surface area (Å²) in [6.07, 6.45) is 4.22. The Labute approximate surface area is 74.5 Å². The molecule has 0 bridgehead atoms. The van der Waals surface area contributed by atoms with Crippen LogP contribution < -0.4 is 10.6 Å². The standard InChI is InChI=1S/C9H19N3/c1-2-9(3-1)11-8-12-6-4-10-5-7-12/h9-11H,1-8H2. The fourth-order valence-corrected chi connectivity index (χ4v) is 1.74. The molecule has 0 amide bonds. The van der Waals surface area contributed by atoms with E-state index in [2.05, 4.69) is 15.5 Å². The molecule has 0 radical (unpaired) electrons. The molecule has 0 aromatic heterocycles. The maximum atomic E-state index is 3.59. The van der Waals surface area contributed by atoms with E-state index in [1.165, 1.54) is 32.4 Å². The molecule has 1 saturated carbocycles. The van der Waals surface area contributed by atoms with Crippen molar-refractivity contribution in [2.45, 2.75) is 25.3 Å². The third kappa shape index (κ3) is 2.19. The monoisotopic (exact) mass is 169 g/mol. The number of hydrogen-bond acceptors (Lipinski definition) is 3. The molecule has 1 aliphatic heterocycles. The first-order valence-electron chi connectivity index (χ1n) is 5.11. The van der Waals surface area contributed by atoms with Gasteiger partial charge in [0.1, 0.15) is 0 Å². The Morgan fingerprint density at radius 3 is 2.58 bits per heavy atom. The van der Waals surface area contributed by atoms with E-state index in [9.17, 15) is 0 Å². The van der Waals surface area contributed by atoms with Gasteiger partial charge in [-0.25, -0.2) is 0 Å². The number of rotatable bonds is 3. The smallest absolute Gasteiger partial charge is 0.0483 e. The normalized spacial score (nSPS) is 27.0. The van der Waals surface area contributed by atoms with Gasteiger partial charge in [-0.15, -0.1) is 0 Å². The minimum absolute atomic E-state index is 0.833. The number of hydrogen-bond donors (Lipinski definition) is 2. The van der Waals surface area contributed by atoms with Crippen molar-refractivity contribution in [3.05, 3.63) is 0 Å². The first kappa shape index (κ1) is 8.48. The highest BCUT2D eigenvalue weighted by Gasteiger charge is 2.17. The van der Waals surface area contributed by atoms with E-state index in [0.29, 0.717) is 0 Å². The predicted molar refractivity (Wildman–Crippen MR) is 50.1 cm³/mol. The van der Waals surface area contributed by atoms with Crippen LogP contribution >= 0.6 is 0 Å². The van der Waals surface area contributed by atoms with Crippen molar-refractivity contribution in [2.24, 2.45) is 0 Å². The molecule has 2 N–H and O–H groups in total. The molecule has 12 heavy (non-hydrogen) atoms. The topological polar surface area (TPSA) is 27.3 Å². The van der Waals surface area contributed by atoms with E-state index in [1.807, 2.05) is 0 Å².